The lowest BCUT2D eigenvalue weighted by Gasteiger charge is -2.31. The average molecular weight is 553 g/mol. The van der Waals surface area contributed by atoms with Crippen molar-refractivity contribution in [3.05, 3.63) is 77.0 Å². The van der Waals surface area contributed by atoms with Crippen LogP contribution in [0.1, 0.15) is 42.5 Å². The van der Waals surface area contributed by atoms with Gasteiger partial charge in [0.1, 0.15) is 35.6 Å². The summed E-state index contributed by atoms with van der Waals surface area (Å²) in [5, 5.41) is 14.1. The Kier molecular flexibility index (Phi) is 6.79. The lowest BCUT2D eigenvalue weighted by molar-refractivity contribution is 0.0646. The lowest BCUT2D eigenvalue weighted by Crippen LogP contribution is -2.43. The van der Waals surface area contributed by atoms with Gasteiger partial charge in [0.15, 0.2) is 5.69 Å². The number of fused-ring (bicyclic) bond motifs is 3. The Bertz CT molecular complexity index is 1630. The maximum Gasteiger partial charge on any atom is 0.274 e. The predicted octanol–water partition coefficient (Wildman–Crippen LogP) is 5.28. The molecule has 1 aliphatic rings. The number of rotatable bonds is 5. The number of pyridine rings is 1. The molecule has 0 unspecified atom stereocenters. The third kappa shape index (κ3) is 4.66. The maximum absolute atomic E-state index is 15.0. The van der Waals surface area contributed by atoms with E-state index >= 15 is 0 Å². The molecule has 8 nitrogen and oxygen atoms in total. The minimum absolute atomic E-state index is 0.0501. The van der Waals surface area contributed by atoms with Crippen molar-refractivity contribution in [3.63, 3.8) is 0 Å². The summed E-state index contributed by atoms with van der Waals surface area (Å²) in [4.78, 5) is 19.0. The van der Waals surface area contributed by atoms with E-state index in [1.165, 1.54) is 22.8 Å². The largest absolute Gasteiger partial charge is 0.496 e. The van der Waals surface area contributed by atoms with E-state index in [4.69, 9.17) is 9.47 Å². The van der Waals surface area contributed by atoms with Crippen LogP contribution in [0.3, 0.4) is 0 Å². The molecule has 0 spiro atoms. The Morgan fingerprint density at radius 1 is 1.07 bits per heavy atom. The molecule has 0 radical (unpaired) electrons. The second kappa shape index (κ2) is 9.98. The molecule has 208 valence electrons. The molecule has 1 N–H and O–H groups in total. The van der Waals surface area contributed by atoms with Crippen molar-refractivity contribution in [1.82, 2.24) is 19.7 Å². The Labute approximate surface area is 228 Å². The Balaban J connectivity index is 1.81. The van der Waals surface area contributed by atoms with E-state index in [1.54, 1.807) is 19.2 Å². The summed E-state index contributed by atoms with van der Waals surface area (Å²) in [7, 11) is 3.06. The van der Waals surface area contributed by atoms with E-state index in [2.05, 4.69) is 10.1 Å². The van der Waals surface area contributed by atoms with E-state index in [1.807, 2.05) is 20.8 Å². The molecule has 11 heteroatoms. The fraction of sp³-hybridized carbons (Fsp3) is 0.276. The fourth-order valence-corrected chi connectivity index (χ4v) is 4.52. The highest BCUT2D eigenvalue weighted by molar-refractivity contribution is 5.97. The van der Waals surface area contributed by atoms with Gasteiger partial charge < -0.3 is 19.5 Å². The number of aromatic nitrogens is 3. The van der Waals surface area contributed by atoms with Crippen LogP contribution in [0.2, 0.25) is 0 Å². The predicted molar refractivity (Wildman–Crippen MR) is 141 cm³/mol. The number of nitrogens with zero attached hydrogens (tertiary/aromatic N) is 4. The third-order valence-electron chi connectivity index (χ3n) is 6.88. The molecule has 0 saturated carbocycles. The number of halogens is 3. The minimum atomic E-state index is -0.822. The molecule has 1 aliphatic heterocycles. The SMILES string of the molecule is COc1cc2c(cc1-c1cc(CO)ncc1F)-c1c(c(C(=O)N(C)C(C)(C)C)nn1-c1cc(F)cc(F)c1)CO2. The Morgan fingerprint density at radius 2 is 1.77 bits per heavy atom. The Morgan fingerprint density at radius 3 is 2.40 bits per heavy atom. The molecular formula is C29H27F3N4O4. The van der Waals surface area contributed by atoms with Crippen LogP contribution in [0.5, 0.6) is 11.5 Å². The number of ether oxygens (including phenoxy) is 2. The summed E-state index contributed by atoms with van der Waals surface area (Å²) in [5.41, 5.74) is 1.38. The van der Waals surface area contributed by atoms with Crippen LogP contribution in [0, 0.1) is 17.5 Å². The van der Waals surface area contributed by atoms with Crippen molar-refractivity contribution in [2.24, 2.45) is 0 Å². The van der Waals surface area contributed by atoms with E-state index in [0.29, 0.717) is 28.1 Å². The van der Waals surface area contributed by atoms with Crippen LogP contribution in [-0.2, 0) is 13.2 Å². The van der Waals surface area contributed by atoms with Gasteiger partial charge in [-0.25, -0.2) is 17.9 Å². The zero-order valence-electron chi connectivity index (χ0n) is 22.6. The standard InChI is InChI=1S/C29H27F3N4O4/c1-29(2,3)35(4)28(38)26-22-14-40-25-11-24(39-5)20(19-9-17(13-37)33-12-23(19)32)10-21(25)27(22)36(34-26)18-7-15(30)6-16(31)8-18/h6-12,37H,13-14H2,1-5H3. The number of hydrogen-bond donors (Lipinski definition) is 1. The van der Waals surface area contributed by atoms with E-state index in [0.717, 1.165) is 24.4 Å². The van der Waals surface area contributed by atoms with E-state index < -0.39 is 35.5 Å². The van der Waals surface area contributed by atoms with Crippen LogP contribution >= 0.6 is 0 Å². The van der Waals surface area contributed by atoms with Crippen LogP contribution in [0.15, 0.2) is 42.6 Å². The number of amides is 1. The first kappa shape index (κ1) is 27.2. The number of carbonyl (C=O) groups is 1. The molecule has 2 aromatic heterocycles. The highest BCUT2D eigenvalue weighted by Gasteiger charge is 2.35. The molecule has 0 fully saturated rings. The summed E-state index contributed by atoms with van der Waals surface area (Å²) < 4.78 is 56.5. The van der Waals surface area contributed by atoms with Gasteiger partial charge in [0.2, 0.25) is 0 Å². The monoisotopic (exact) mass is 552 g/mol. The van der Waals surface area contributed by atoms with Gasteiger partial charge in [-0.05, 0) is 45.0 Å². The molecule has 3 heterocycles. The Hall–Kier alpha value is -4.38. The number of aliphatic hydroxyl groups excluding tert-OH is 1. The van der Waals surface area contributed by atoms with Gasteiger partial charge in [-0.3, -0.25) is 9.78 Å². The lowest BCUT2D eigenvalue weighted by atomic mass is 9.95. The highest BCUT2D eigenvalue weighted by atomic mass is 19.1. The van der Waals surface area contributed by atoms with Gasteiger partial charge in [-0.15, -0.1) is 0 Å². The summed E-state index contributed by atoms with van der Waals surface area (Å²) in [6.07, 6.45) is 1.00. The number of methoxy groups -OCH3 is 1. The molecule has 0 aliphatic carbocycles. The van der Waals surface area contributed by atoms with Crippen LogP contribution < -0.4 is 9.47 Å². The fourth-order valence-electron chi connectivity index (χ4n) is 4.52. The topological polar surface area (TPSA) is 89.7 Å². The molecule has 0 saturated heterocycles. The molecular weight excluding hydrogens is 525 g/mol. The summed E-state index contributed by atoms with van der Waals surface area (Å²) in [6.45, 7) is 5.14. The van der Waals surface area contributed by atoms with Crippen molar-refractivity contribution >= 4 is 5.91 Å². The van der Waals surface area contributed by atoms with Gasteiger partial charge in [0.05, 0.1) is 37.0 Å². The summed E-state index contributed by atoms with van der Waals surface area (Å²) in [6, 6.07) is 7.52. The molecule has 2 aromatic carbocycles. The number of benzene rings is 2. The number of aliphatic hydroxyl groups is 1. The molecule has 1 amide bonds. The van der Waals surface area contributed by atoms with Gasteiger partial charge in [0, 0.05) is 47.0 Å². The zero-order valence-corrected chi connectivity index (χ0v) is 22.6. The van der Waals surface area contributed by atoms with Gasteiger partial charge in [0.25, 0.3) is 5.91 Å². The zero-order chi connectivity index (χ0) is 28.9. The first-order valence-corrected chi connectivity index (χ1v) is 12.4. The number of hydrogen-bond acceptors (Lipinski definition) is 6. The first-order chi connectivity index (χ1) is 18.9. The maximum atomic E-state index is 15.0. The van der Waals surface area contributed by atoms with Gasteiger partial charge in [-0.1, -0.05) is 0 Å². The number of carbonyl (C=O) groups excluding carboxylic acids is 1. The molecule has 40 heavy (non-hydrogen) atoms. The minimum Gasteiger partial charge on any atom is -0.496 e. The van der Waals surface area contributed by atoms with Crippen molar-refractivity contribution in [1.29, 1.82) is 0 Å². The van der Waals surface area contributed by atoms with Crippen molar-refractivity contribution in [2.75, 3.05) is 14.2 Å². The smallest absolute Gasteiger partial charge is 0.274 e. The van der Waals surface area contributed by atoms with Crippen molar-refractivity contribution in [3.8, 4) is 39.6 Å². The quantitative estimate of drug-likeness (QED) is 0.362. The first-order valence-electron chi connectivity index (χ1n) is 12.4. The van der Waals surface area contributed by atoms with E-state index in [-0.39, 0.29) is 35.0 Å². The second-order valence-corrected chi connectivity index (χ2v) is 10.4. The normalized spacial score (nSPS) is 12.4. The third-order valence-corrected chi connectivity index (χ3v) is 6.88. The van der Waals surface area contributed by atoms with Crippen LogP contribution in [0.4, 0.5) is 13.2 Å². The van der Waals surface area contributed by atoms with Crippen LogP contribution in [-0.4, -0.2) is 50.4 Å². The van der Waals surface area contributed by atoms with Gasteiger partial charge >= 0.3 is 0 Å². The van der Waals surface area contributed by atoms with Crippen molar-refractivity contribution in [2.45, 2.75) is 39.5 Å². The molecule has 0 bridgehead atoms. The second-order valence-electron chi connectivity index (χ2n) is 10.4. The average Bonchev–Trinajstić information content (AvgIpc) is 3.31. The van der Waals surface area contributed by atoms with Gasteiger partial charge in [-0.2, -0.15) is 5.10 Å². The van der Waals surface area contributed by atoms with Crippen LogP contribution in [0.25, 0.3) is 28.1 Å². The molecule has 5 rings (SSSR count). The summed E-state index contributed by atoms with van der Waals surface area (Å²) >= 11 is 0. The van der Waals surface area contributed by atoms with E-state index in [9.17, 15) is 23.1 Å². The summed E-state index contributed by atoms with van der Waals surface area (Å²) in [5.74, 6) is -2.09. The molecule has 4 aromatic rings. The van der Waals surface area contributed by atoms with Crippen molar-refractivity contribution < 1.29 is 32.5 Å². The molecule has 0 atom stereocenters. The highest BCUT2D eigenvalue weighted by Crippen LogP contribution is 2.46.